The van der Waals surface area contributed by atoms with Crippen molar-refractivity contribution in [3.05, 3.63) is 0 Å². The molecule has 0 aromatic heterocycles. The summed E-state index contributed by atoms with van der Waals surface area (Å²) >= 11 is 0. The largest absolute Gasteiger partial charge is 0.481 e. The molecule has 1 N–H and O–H groups in total. The monoisotopic (exact) mass is 243 g/mol. The van der Waals surface area contributed by atoms with Crippen molar-refractivity contribution in [3.8, 4) is 0 Å². The van der Waals surface area contributed by atoms with E-state index in [9.17, 15) is 9.90 Å². The van der Waals surface area contributed by atoms with E-state index in [0.717, 1.165) is 26.0 Å². The van der Waals surface area contributed by atoms with Gasteiger partial charge in [0.25, 0.3) is 0 Å². The normalized spacial score (nSPS) is 27.9. The maximum absolute atomic E-state index is 11.4. The Labute approximate surface area is 104 Å². The van der Waals surface area contributed by atoms with Crippen molar-refractivity contribution in [2.75, 3.05) is 26.3 Å². The van der Waals surface area contributed by atoms with E-state index < -0.39 is 11.4 Å². The van der Waals surface area contributed by atoms with Gasteiger partial charge in [-0.1, -0.05) is 6.92 Å². The van der Waals surface area contributed by atoms with Crippen molar-refractivity contribution in [3.63, 3.8) is 0 Å². The number of hydrogen-bond donors (Lipinski definition) is 1. The predicted octanol–water partition coefficient (Wildman–Crippen LogP) is 1.99. The minimum atomic E-state index is -0.645. The van der Waals surface area contributed by atoms with Gasteiger partial charge in [0.2, 0.25) is 0 Å². The summed E-state index contributed by atoms with van der Waals surface area (Å²) in [6.07, 6.45) is 2.48. The highest BCUT2D eigenvalue weighted by Gasteiger charge is 2.41. The molecule has 0 saturated carbocycles. The van der Waals surface area contributed by atoms with Crippen LogP contribution in [0.2, 0.25) is 0 Å². The summed E-state index contributed by atoms with van der Waals surface area (Å²) in [5.74, 6) is -0.645. The van der Waals surface area contributed by atoms with Crippen molar-refractivity contribution in [1.29, 1.82) is 0 Å². The van der Waals surface area contributed by atoms with Gasteiger partial charge >= 0.3 is 5.97 Å². The standard InChI is InChI=1S/C13H25NO3/c1-4-13(12(15)16)7-6-8-14(10-13)11(3)9-17-5-2/h11H,4-10H2,1-3H3,(H,15,16). The van der Waals surface area contributed by atoms with Gasteiger partial charge in [-0.25, -0.2) is 0 Å². The highest BCUT2D eigenvalue weighted by Crippen LogP contribution is 2.34. The Balaban J connectivity index is 2.61. The highest BCUT2D eigenvalue weighted by molar-refractivity contribution is 5.75. The van der Waals surface area contributed by atoms with Crippen LogP contribution in [0.1, 0.15) is 40.0 Å². The molecule has 1 rings (SSSR count). The number of carboxylic acid groups (broad SMARTS) is 1. The molecule has 0 spiro atoms. The van der Waals surface area contributed by atoms with E-state index >= 15 is 0 Å². The molecule has 17 heavy (non-hydrogen) atoms. The first kappa shape index (κ1) is 14.5. The zero-order chi connectivity index (χ0) is 12.9. The van der Waals surface area contributed by atoms with E-state index in [2.05, 4.69) is 11.8 Å². The number of aliphatic carboxylic acids is 1. The van der Waals surface area contributed by atoms with Crippen LogP contribution in [-0.4, -0.2) is 48.3 Å². The predicted molar refractivity (Wildman–Crippen MR) is 67.1 cm³/mol. The number of carboxylic acids is 1. The molecule has 2 atom stereocenters. The fourth-order valence-electron chi connectivity index (χ4n) is 2.55. The fraction of sp³-hybridized carbons (Fsp3) is 0.923. The molecule has 0 amide bonds. The third-order valence-electron chi connectivity index (χ3n) is 3.92. The zero-order valence-electron chi connectivity index (χ0n) is 11.2. The number of hydrogen-bond acceptors (Lipinski definition) is 3. The Bertz CT molecular complexity index is 257. The molecule has 2 unspecified atom stereocenters. The molecule has 1 saturated heterocycles. The summed E-state index contributed by atoms with van der Waals surface area (Å²) in [7, 11) is 0. The van der Waals surface area contributed by atoms with E-state index in [0.29, 0.717) is 25.6 Å². The van der Waals surface area contributed by atoms with Crippen LogP contribution in [0.3, 0.4) is 0 Å². The second-order valence-electron chi connectivity index (χ2n) is 5.02. The molecule has 0 aliphatic carbocycles. The Morgan fingerprint density at radius 1 is 1.53 bits per heavy atom. The van der Waals surface area contributed by atoms with Crippen molar-refractivity contribution in [1.82, 2.24) is 4.90 Å². The van der Waals surface area contributed by atoms with E-state index in [1.807, 2.05) is 13.8 Å². The van der Waals surface area contributed by atoms with Gasteiger partial charge < -0.3 is 9.84 Å². The highest BCUT2D eigenvalue weighted by atomic mass is 16.5. The smallest absolute Gasteiger partial charge is 0.310 e. The number of ether oxygens (including phenoxy) is 1. The second kappa shape index (κ2) is 6.36. The van der Waals surface area contributed by atoms with Gasteiger partial charge in [-0.15, -0.1) is 0 Å². The van der Waals surface area contributed by atoms with Gasteiger partial charge in [-0.05, 0) is 39.7 Å². The fourth-order valence-corrected chi connectivity index (χ4v) is 2.55. The molecule has 1 fully saturated rings. The lowest BCUT2D eigenvalue weighted by molar-refractivity contribution is -0.153. The number of carbonyl (C=O) groups is 1. The minimum Gasteiger partial charge on any atom is -0.481 e. The summed E-state index contributed by atoms with van der Waals surface area (Å²) in [5, 5.41) is 9.41. The van der Waals surface area contributed by atoms with Crippen molar-refractivity contribution >= 4 is 5.97 Å². The average molecular weight is 243 g/mol. The van der Waals surface area contributed by atoms with Crippen LogP contribution in [0.4, 0.5) is 0 Å². The Hall–Kier alpha value is -0.610. The SMILES string of the molecule is CCOCC(C)N1CCCC(CC)(C(=O)O)C1. The molecule has 0 aromatic rings. The van der Waals surface area contributed by atoms with E-state index in [-0.39, 0.29) is 0 Å². The van der Waals surface area contributed by atoms with E-state index in [1.54, 1.807) is 0 Å². The Morgan fingerprint density at radius 2 is 2.24 bits per heavy atom. The molecule has 0 aromatic carbocycles. The van der Waals surface area contributed by atoms with Crippen molar-refractivity contribution in [2.45, 2.75) is 46.1 Å². The molecule has 4 nitrogen and oxygen atoms in total. The lowest BCUT2D eigenvalue weighted by Gasteiger charge is -2.42. The van der Waals surface area contributed by atoms with Crippen LogP contribution in [0.25, 0.3) is 0 Å². The van der Waals surface area contributed by atoms with Crippen LogP contribution in [0, 0.1) is 5.41 Å². The lowest BCUT2D eigenvalue weighted by Crippen LogP contribution is -2.51. The third-order valence-corrected chi connectivity index (χ3v) is 3.92. The van der Waals surface area contributed by atoms with Gasteiger partial charge in [0.1, 0.15) is 0 Å². The van der Waals surface area contributed by atoms with Gasteiger partial charge in [0, 0.05) is 19.2 Å². The average Bonchev–Trinajstić information content (AvgIpc) is 2.35. The topological polar surface area (TPSA) is 49.8 Å². The first-order valence-corrected chi connectivity index (χ1v) is 6.61. The number of nitrogens with zero attached hydrogens (tertiary/aromatic N) is 1. The van der Waals surface area contributed by atoms with Crippen LogP contribution < -0.4 is 0 Å². The zero-order valence-corrected chi connectivity index (χ0v) is 11.2. The van der Waals surface area contributed by atoms with Gasteiger partial charge in [-0.2, -0.15) is 0 Å². The number of rotatable bonds is 6. The molecule has 1 heterocycles. The second-order valence-corrected chi connectivity index (χ2v) is 5.02. The van der Waals surface area contributed by atoms with Gasteiger partial charge in [0.15, 0.2) is 0 Å². The summed E-state index contributed by atoms with van der Waals surface area (Å²) < 4.78 is 5.42. The van der Waals surface area contributed by atoms with Crippen molar-refractivity contribution in [2.24, 2.45) is 5.41 Å². The Kier molecular flexibility index (Phi) is 5.40. The first-order chi connectivity index (χ1) is 8.05. The summed E-state index contributed by atoms with van der Waals surface area (Å²) in [6.45, 7) is 9.13. The number of likely N-dealkylation sites (tertiary alicyclic amines) is 1. The molecular weight excluding hydrogens is 218 g/mol. The molecule has 4 heteroatoms. The molecule has 1 aliphatic heterocycles. The minimum absolute atomic E-state index is 0.306. The molecule has 0 bridgehead atoms. The number of piperidine rings is 1. The summed E-state index contributed by atoms with van der Waals surface area (Å²) in [6, 6.07) is 0.306. The Morgan fingerprint density at radius 3 is 2.76 bits per heavy atom. The van der Waals surface area contributed by atoms with Crippen LogP contribution in [0.15, 0.2) is 0 Å². The van der Waals surface area contributed by atoms with Gasteiger partial charge in [0.05, 0.1) is 12.0 Å². The molecule has 1 aliphatic rings. The van der Waals surface area contributed by atoms with Gasteiger partial charge in [-0.3, -0.25) is 9.69 Å². The first-order valence-electron chi connectivity index (χ1n) is 6.61. The van der Waals surface area contributed by atoms with Crippen LogP contribution in [-0.2, 0) is 9.53 Å². The molecule has 100 valence electrons. The lowest BCUT2D eigenvalue weighted by atomic mass is 9.77. The van der Waals surface area contributed by atoms with E-state index in [4.69, 9.17) is 4.74 Å². The van der Waals surface area contributed by atoms with Crippen LogP contribution in [0.5, 0.6) is 0 Å². The summed E-state index contributed by atoms with van der Waals surface area (Å²) in [4.78, 5) is 13.7. The quantitative estimate of drug-likeness (QED) is 0.775. The van der Waals surface area contributed by atoms with Crippen LogP contribution >= 0.6 is 0 Å². The van der Waals surface area contributed by atoms with Crippen molar-refractivity contribution < 1.29 is 14.6 Å². The maximum Gasteiger partial charge on any atom is 0.310 e. The molecular formula is C13H25NO3. The maximum atomic E-state index is 11.4. The molecule has 0 radical (unpaired) electrons. The third kappa shape index (κ3) is 3.42. The van der Waals surface area contributed by atoms with E-state index in [1.165, 1.54) is 0 Å². The summed E-state index contributed by atoms with van der Waals surface area (Å²) in [5.41, 5.74) is -0.543.